The molecular formula is C40H56O12Si8. The molecule has 20 heteroatoms. The van der Waals surface area contributed by atoms with Crippen molar-refractivity contribution < 1.29 is 49.4 Å². The summed E-state index contributed by atoms with van der Waals surface area (Å²) in [5, 5.41) is 2.73. The van der Waals surface area contributed by atoms with E-state index in [2.05, 4.69) is 55.4 Å². The zero-order valence-electron chi connectivity index (χ0n) is 35.6. The van der Waals surface area contributed by atoms with Crippen LogP contribution in [0.3, 0.4) is 0 Å². The molecule has 0 N–H and O–H groups in total. The van der Waals surface area contributed by atoms with Gasteiger partial charge in [-0.2, -0.15) is 0 Å². The van der Waals surface area contributed by atoms with Crippen LogP contribution in [0.1, 0.15) is 55.4 Å². The summed E-state index contributed by atoms with van der Waals surface area (Å²) in [7, 11) is -34.3. The molecule has 320 valence electrons. The Bertz CT molecular complexity index is 1990. The van der Waals surface area contributed by atoms with Crippen LogP contribution in [0.15, 0.2) is 121 Å². The van der Waals surface area contributed by atoms with Gasteiger partial charge in [0.15, 0.2) is 0 Å². The van der Waals surface area contributed by atoms with E-state index in [9.17, 15) is 0 Å². The summed E-state index contributed by atoms with van der Waals surface area (Å²) in [6, 6.07) is 40.9. The lowest BCUT2D eigenvalue weighted by Gasteiger charge is -2.63. The fraction of sp³-hybridized carbons (Fsp3) is 0.400. The third-order valence-corrected chi connectivity index (χ3v) is 47.9. The average molecular weight is 954 g/mol. The minimum Gasteiger partial charge on any atom is -0.373 e. The molecule has 0 saturated carbocycles. The van der Waals surface area contributed by atoms with Gasteiger partial charge in [0.1, 0.15) is 0 Å². The van der Waals surface area contributed by atoms with E-state index in [1.54, 1.807) is 0 Å². The third kappa shape index (κ3) is 7.99. The highest BCUT2D eigenvalue weighted by atomic mass is 28.6. The van der Waals surface area contributed by atoms with E-state index < -0.39 is 70.4 Å². The second kappa shape index (κ2) is 16.0. The van der Waals surface area contributed by atoms with Crippen molar-refractivity contribution in [2.24, 2.45) is 23.7 Å². The monoisotopic (exact) mass is 952 g/mol. The predicted molar refractivity (Wildman–Crippen MR) is 242 cm³/mol. The Morgan fingerprint density at radius 3 is 0.650 bits per heavy atom. The van der Waals surface area contributed by atoms with Crippen LogP contribution in [-0.2, 0) is 49.4 Å². The molecule has 60 heavy (non-hydrogen) atoms. The summed E-state index contributed by atoms with van der Waals surface area (Å²) in [5.74, 6) is 0.125. The molecule has 12 nitrogen and oxygen atoms in total. The molecule has 0 spiro atoms. The Labute approximate surface area is 363 Å². The third-order valence-electron chi connectivity index (χ3n) is 10.6. The zero-order chi connectivity index (χ0) is 42.1. The SMILES string of the molecule is CC(C)C[Si]12O[Si]3(CC(C)C)O[Si]4(CC(C)C)O[Si](c5ccccc5)(O1)O[Si]1(c5ccccc5)O[Si](CC(C)C)(O2)O[Si](c2ccccc2)(O3)O[Si](c2ccccc2)(O4)O1. The van der Waals surface area contributed by atoms with Gasteiger partial charge in [0, 0.05) is 44.9 Å². The molecule has 4 aromatic carbocycles. The maximum absolute atomic E-state index is 7.97. The fourth-order valence-electron chi connectivity index (χ4n) is 8.75. The molecular weight excluding hydrogens is 897 g/mol. The van der Waals surface area contributed by atoms with Crippen molar-refractivity contribution >= 4 is 91.2 Å². The maximum atomic E-state index is 7.97. The molecule has 6 saturated heterocycles. The van der Waals surface area contributed by atoms with E-state index in [4.69, 9.17) is 49.4 Å². The van der Waals surface area contributed by atoms with Gasteiger partial charge < -0.3 is 49.4 Å². The molecule has 8 atom stereocenters. The molecule has 0 aromatic heterocycles. The van der Waals surface area contributed by atoms with Gasteiger partial charge in [-0.3, -0.25) is 0 Å². The smallest absolute Gasteiger partial charge is 0.373 e. The second-order valence-corrected chi connectivity index (χ2v) is 41.7. The van der Waals surface area contributed by atoms with Crippen LogP contribution in [0.2, 0.25) is 24.2 Å². The Hall–Kier alpha value is -1.86. The predicted octanol–water partition coefficient (Wildman–Crippen LogP) is 6.02. The van der Waals surface area contributed by atoms with E-state index >= 15 is 0 Å². The average Bonchev–Trinajstić information content (AvgIpc) is 3.15. The Morgan fingerprint density at radius 2 is 0.450 bits per heavy atom. The molecule has 0 aliphatic carbocycles. The van der Waals surface area contributed by atoms with E-state index in [1.807, 2.05) is 121 Å². The van der Waals surface area contributed by atoms with Crippen molar-refractivity contribution in [3.05, 3.63) is 121 Å². The lowest BCUT2D eigenvalue weighted by molar-refractivity contribution is -0.0195. The molecule has 6 heterocycles. The topological polar surface area (TPSA) is 111 Å². The molecule has 0 amide bonds. The van der Waals surface area contributed by atoms with E-state index in [0.717, 1.165) is 0 Å². The van der Waals surface area contributed by atoms with Gasteiger partial charge in [-0.15, -0.1) is 0 Å². The highest BCUT2D eigenvalue weighted by Crippen LogP contribution is 2.52. The van der Waals surface area contributed by atoms with Gasteiger partial charge in [-0.25, -0.2) is 0 Å². The number of rotatable bonds is 12. The quantitative estimate of drug-likeness (QED) is 0.155. The Morgan fingerprint density at radius 1 is 0.267 bits per heavy atom. The minimum atomic E-state index is -4.46. The first-order valence-electron chi connectivity index (χ1n) is 21.2. The van der Waals surface area contributed by atoms with Crippen LogP contribution < -0.4 is 20.7 Å². The molecule has 4 aromatic rings. The van der Waals surface area contributed by atoms with Crippen molar-refractivity contribution in [3.8, 4) is 0 Å². The van der Waals surface area contributed by atoms with Crippen LogP contribution in [0.5, 0.6) is 0 Å². The summed E-state index contributed by atoms with van der Waals surface area (Å²) in [5.41, 5.74) is 0. The molecule has 8 unspecified atom stereocenters. The van der Waals surface area contributed by atoms with Gasteiger partial charge >= 0.3 is 70.4 Å². The van der Waals surface area contributed by atoms with Crippen LogP contribution >= 0.6 is 0 Å². The molecule has 6 aliphatic heterocycles. The van der Waals surface area contributed by atoms with Gasteiger partial charge in [-0.05, 0) is 23.7 Å². The van der Waals surface area contributed by atoms with E-state index in [-0.39, 0.29) is 23.7 Å². The van der Waals surface area contributed by atoms with Crippen molar-refractivity contribution in [1.29, 1.82) is 0 Å². The number of benzene rings is 4. The van der Waals surface area contributed by atoms with Gasteiger partial charge in [0.05, 0.1) is 0 Å². The van der Waals surface area contributed by atoms with Crippen LogP contribution in [0.4, 0.5) is 0 Å². The molecule has 6 aliphatic rings. The summed E-state index contributed by atoms with van der Waals surface area (Å²) >= 11 is 0. The summed E-state index contributed by atoms with van der Waals surface area (Å²) in [6.45, 7) is 17.1. The highest BCUT2D eigenvalue weighted by molar-refractivity contribution is 7.10. The van der Waals surface area contributed by atoms with Gasteiger partial charge in [0.2, 0.25) is 0 Å². The van der Waals surface area contributed by atoms with Crippen molar-refractivity contribution in [2.75, 3.05) is 0 Å². The number of hydrogen-bond acceptors (Lipinski definition) is 12. The standard InChI is InChI=1S/C40H56O12Si8/c1-33(2)29-53-41-54(30-34(3)4)43-56(32-36(7)8)47-57(44-53,37-21-13-9-14-22-37)50-59(39-25-17-11-18-26-39)48-55(42-53,31-35(5)6)46-58(45-54,38-23-15-10-16-24-38)51-60(49-56,52-59)40-27-19-12-20-28-40/h9-28,33-36H,29-32H2,1-8H3. The van der Waals surface area contributed by atoms with Crippen molar-refractivity contribution in [1.82, 2.24) is 0 Å². The van der Waals surface area contributed by atoms with Crippen LogP contribution in [-0.4, -0.2) is 70.4 Å². The summed E-state index contributed by atoms with van der Waals surface area (Å²) < 4.78 is 95.1. The fourth-order valence-corrected chi connectivity index (χ4v) is 57.6. The molecule has 10 rings (SSSR count). The minimum absolute atomic E-state index is 0.0196. The lowest BCUT2D eigenvalue weighted by Crippen LogP contribution is -2.93. The van der Waals surface area contributed by atoms with Crippen molar-refractivity contribution in [3.63, 3.8) is 0 Å². The zero-order valence-corrected chi connectivity index (χ0v) is 43.6. The Kier molecular flexibility index (Phi) is 11.6. The molecule has 8 bridgehead atoms. The van der Waals surface area contributed by atoms with E-state index in [0.29, 0.717) is 44.9 Å². The van der Waals surface area contributed by atoms with Crippen LogP contribution in [0, 0.1) is 23.7 Å². The van der Waals surface area contributed by atoms with Crippen LogP contribution in [0.25, 0.3) is 0 Å². The Balaban J connectivity index is 1.47. The van der Waals surface area contributed by atoms with Gasteiger partial charge in [0.25, 0.3) is 0 Å². The second-order valence-electron chi connectivity index (χ2n) is 18.0. The first kappa shape index (κ1) is 43.4. The molecule has 0 radical (unpaired) electrons. The van der Waals surface area contributed by atoms with Gasteiger partial charge in [-0.1, -0.05) is 177 Å². The number of hydrogen-bond donors (Lipinski definition) is 0. The first-order chi connectivity index (χ1) is 28.6. The summed E-state index contributed by atoms with van der Waals surface area (Å²) in [4.78, 5) is 0. The van der Waals surface area contributed by atoms with E-state index in [1.165, 1.54) is 0 Å². The van der Waals surface area contributed by atoms with Crippen molar-refractivity contribution in [2.45, 2.75) is 79.6 Å². The largest absolute Gasteiger partial charge is 0.515 e. The highest BCUT2D eigenvalue weighted by Gasteiger charge is 2.84. The lowest BCUT2D eigenvalue weighted by atomic mass is 10.3. The molecule has 6 fully saturated rings. The summed E-state index contributed by atoms with van der Waals surface area (Å²) in [6.07, 6.45) is 0. The first-order valence-corrected chi connectivity index (χ1v) is 35.8. The maximum Gasteiger partial charge on any atom is 0.515 e. The normalized spacial score (nSPS) is 37.3.